The highest BCUT2D eigenvalue weighted by Gasteiger charge is 2.51. The number of carbonyl (C=O) groups excluding carboxylic acids is 2. The van der Waals surface area contributed by atoms with Crippen molar-refractivity contribution in [2.45, 2.75) is 122 Å². The standard InChI is InChI=1S/C30H54N2O7Si3/c1-20(21(2)37-40(3,4)5)27-25(36-27)17-23-19-35-24(29(39-42(9,10)11)28(23)38-41(6,7)8)18-26(33)31-32-30(34)22-15-13-12-14-16-22/h12-16,20-21,23-25,27-29H,17-19H2,1-11H3,(H,31,33)(H,32,34)/t20-,21-,23-,24-,25-,27-,28+,29-/m0/s1. The van der Waals surface area contributed by atoms with Gasteiger partial charge in [0.2, 0.25) is 5.91 Å². The fraction of sp³-hybridized carbons (Fsp3) is 0.733. The predicted octanol–water partition coefficient (Wildman–Crippen LogP) is 5.33. The van der Waals surface area contributed by atoms with Gasteiger partial charge < -0.3 is 22.8 Å². The lowest BCUT2D eigenvalue weighted by atomic mass is 9.86. The van der Waals surface area contributed by atoms with Crippen LogP contribution in [0, 0.1) is 11.8 Å². The quantitative estimate of drug-likeness (QED) is 0.171. The van der Waals surface area contributed by atoms with E-state index in [1.807, 2.05) is 6.07 Å². The smallest absolute Gasteiger partial charge is 0.269 e. The molecule has 0 spiro atoms. The van der Waals surface area contributed by atoms with E-state index in [-0.39, 0.29) is 48.6 Å². The third-order valence-corrected chi connectivity index (χ3v) is 10.4. The maximum absolute atomic E-state index is 13.0. The molecule has 0 saturated carbocycles. The molecule has 2 fully saturated rings. The first-order valence-corrected chi connectivity index (χ1v) is 25.5. The van der Waals surface area contributed by atoms with Crippen molar-refractivity contribution in [1.29, 1.82) is 0 Å². The minimum absolute atomic E-state index is 0.0492. The van der Waals surface area contributed by atoms with Crippen molar-refractivity contribution < 1.29 is 32.3 Å². The summed E-state index contributed by atoms with van der Waals surface area (Å²) >= 11 is 0. The molecule has 1 aromatic rings. The van der Waals surface area contributed by atoms with Crippen LogP contribution in [0.15, 0.2) is 30.3 Å². The highest BCUT2D eigenvalue weighted by molar-refractivity contribution is 6.70. The van der Waals surface area contributed by atoms with Gasteiger partial charge in [-0.25, -0.2) is 0 Å². The van der Waals surface area contributed by atoms with Crippen molar-refractivity contribution in [1.82, 2.24) is 10.9 Å². The van der Waals surface area contributed by atoms with E-state index in [0.29, 0.717) is 18.1 Å². The summed E-state index contributed by atoms with van der Waals surface area (Å²) in [6.07, 6.45) is 0.145. The summed E-state index contributed by atoms with van der Waals surface area (Å²) in [7, 11) is -5.68. The second-order valence-corrected chi connectivity index (χ2v) is 28.1. The second kappa shape index (κ2) is 14.1. The molecule has 2 heterocycles. The van der Waals surface area contributed by atoms with Gasteiger partial charge in [-0.2, -0.15) is 0 Å². The van der Waals surface area contributed by atoms with Gasteiger partial charge >= 0.3 is 0 Å². The summed E-state index contributed by atoms with van der Waals surface area (Å²) in [5.41, 5.74) is 5.52. The van der Waals surface area contributed by atoms with Crippen molar-refractivity contribution >= 4 is 36.8 Å². The fourth-order valence-electron chi connectivity index (χ4n) is 5.48. The minimum Gasteiger partial charge on any atom is -0.415 e. The number of amides is 2. The third-order valence-electron chi connectivity index (χ3n) is 7.35. The molecule has 0 radical (unpaired) electrons. The Bertz CT molecular complexity index is 1040. The van der Waals surface area contributed by atoms with Gasteiger partial charge in [0.25, 0.3) is 5.91 Å². The lowest BCUT2D eigenvalue weighted by molar-refractivity contribution is -0.160. The van der Waals surface area contributed by atoms with Crippen LogP contribution < -0.4 is 10.9 Å². The van der Waals surface area contributed by atoms with Crippen LogP contribution in [0.4, 0.5) is 0 Å². The number of rotatable bonds is 13. The number of hydrogen-bond acceptors (Lipinski definition) is 7. The van der Waals surface area contributed by atoms with Crippen molar-refractivity contribution in [2.75, 3.05) is 6.61 Å². The first-order chi connectivity index (χ1) is 19.3. The van der Waals surface area contributed by atoms with Gasteiger partial charge in [-0.3, -0.25) is 20.4 Å². The molecule has 2 amide bonds. The van der Waals surface area contributed by atoms with Crippen molar-refractivity contribution in [2.24, 2.45) is 11.8 Å². The summed E-state index contributed by atoms with van der Waals surface area (Å²) < 4.78 is 32.5. The normalized spacial score (nSPS) is 28.1. The van der Waals surface area contributed by atoms with Gasteiger partial charge in [-0.1, -0.05) is 25.1 Å². The van der Waals surface area contributed by atoms with Crippen LogP contribution in [0.25, 0.3) is 0 Å². The van der Waals surface area contributed by atoms with Gasteiger partial charge in [0.1, 0.15) is 0 Å². The summed E-state index contributed by atoms with van der Waals surface area (Å²) in [6, 6.07) is 8.77. The lowest BCUT2D eigenvalue weighted by Gasteiger charge is -2.47. The van der Waals surface area contributed by atoms with Gasteiger partial charge in [0.15, 0.2) is 25.0 Å². The summed E-state index contributed by atoms with van der Waals surface area (Å²) in [5, 5.41) is 0. The Morgan fingerprint density at radius 1 is 0.857 bits per heavy atom. The van der Waals surface area contributed by atoms with Crippen LogP contribution in [-0.2, 0) is 27.5 Å². The Labute approximate surface area is 256 Å². The van der Waals surface area contributed by atoms with Crippen LogP contribution in [0.3, 0.4) is 0 Å². The Balaban J connectivity index is 1.70. The van der Waals surface area contributed by atoms with E-state index in [2.05, 4.69) is 83.6 Å². The molecule has 2 saturated heterocycles. The van der Waals surface area contributed by atoms with Crippen LogP contribution in [0.2, 0.25) is 58.9 Å². The van der Waals surface area contributed by atoms with Gasteiger partial charge in [-0.05, 0) is 84.4 Å². The molecule has 2 aliphatic heterocycles. The van der Waals surface area contributed by atoms with E-state index in [9.17, 15) is 9.59 Å². The second-order valence-electron chi connectivity index (χ2n) is 14.8. The van der Waals surface area contributed by atoms with E-state index < -0.39 is 37.2 Å². The van der Waals surface area contributed by atoms with E-state index in [4.69, 9.17) is 22.8 Å². The molecular formula is C30H54N2O7Si3. The molecule has 42 heavy (non-hydrogen) atoms. The van der Waals surface area contributed by atoms with Crippen molar-refractivity contribution in [3.8, 4) is 0 Å². The number of ether oxygens (including phenoxy) is 2. The molecule has 2 aliphatic rings. The topological polar surface area (TPSA) is 108 Å². The highest BCUT2D eigenvalue weighted by atomic mass is 28.4. The number of hydrogen-bond donors (Lipinski definition) is 2. The molecule has 2 N–H and O–H groups in total. The first kappa shape index (κ1) is 35.1. The number of nitrogens with one attached hydrogen (secondary N) is 2. The van der Waals surface area contributed by atoms with Crippen molar-refractivity contribution in [3.63, 3.8) is 0 Å². The Kier molecular flexibility index (Phi) is 11.8. The van der Waals surface area contributed by atoms with Gasteiger partial charge in [-0.15, -0.1) is 0 Å². The molecule has 0 aliphatic carbocycles. The maximum atomic E-state index is 13.0. The van der Waals surface area contributed by atoms with Crippen LogP contribution in [0.5, 0.6) is 0 Å². The molecular weight excluding hydrogens is 585 g/mol. The predicted molar refractivity (Wildman–Crippen MR) is 173 cm³/mol. The molecule has 12 heteroatoms. The molecule has 3 rings (SSSR count). The van der Waals surface area contributed by atoms with Gasteiger partial charge in [0, 0.05) is 23.5 Å². The van der Waals surface area contributed by atoms with E-state index >= 15 is 0 Å². The molecule has 9 nitrogen and oxygen atoms in total. The van der Waals surface area contributed by atoms with Crippen LogP contribution in [-0.4, -0.2) is 80.0 Å². The molecule has 1 aromatic carbocycles. The highest BCUT2D eigenvalue weighted by Crippen LogP contribution is 2.41. The average Bonchev–Trinajstić information content (AvgIpc) is 3.62. The Morgan fingerprint density at radius 3 is 2.02 bits per heavy atom. The SMILES string of the molecule is C[C@H]([C@@H]1O[C@H]1C[C@H]1CO[C@@H](CC(=O)NNC(=O)c2ccccc2)[C@H](O[Si](C)(C)C)[C@@H]1O[Si](C)(C)C)[C@H](C)O[Si](C)(C)C. The van der Waals surface area contributed by atoms with E-state index in [0.717, 1.165) is 6.42 Å². The number of benzene rings is 1. The summed E-state index contributed by atoms with van der Waals surface area (Å²) in [6.45, 7) is 24.4. The zero-order chi connectivity index (χ0) is 31.5. The molecule has 8 atom stereocenters. The fourth-order valence-corrected chi connectivity index (χ4v) is 9.05. The summed E-state index contributed by atoms with van der Waals surface area (Å²) in [5.74, 6) is -0.347. The lowest BCUT2D eigenvalue weighted by Crippen LogP contribution is -2.59. The van der Waals surface area contributed by atoms with Crippen LogP contribution >= 0.6 is 0 Å². The number of hydrazine groups is 1. The minimum atomic E-state index is -2.05. The molecule has 0 aromatic heterocycles. The largest absolute Gasteiger partial charge is 0.415 e. The zero-order valence-electron chi connectivity index (χ0n) is 27.5. The Hall–Kier alpha value is -1.39. The average molecular weight is 639 g/mol. The van der Waals surface area contributed by atoms with E-state index in [1.54, 1.807) is 24.3 Å². The number of carbonyl (C=O) groups is 2. The molecule has 0 bridgehead atoms. The number of epoxide rings is 1. The molecule has 238 valence electrons. The van der Waals surface area contributed by atoms with Gasteiger partial charge in [0.05, 0.1) is 43.5 Å². The Morgan fingerprint density at radius 2 is 1.45 bits per heavy atom. The van der Waals surface area contributed by atoms with Crippen molar-refractivity contribution in [3.05, 3.63) is 35.9 Å². The summed E-state index contributed by atoms with van der Waals surface area (Å²) in [4.78, 5) is 25.4. The maximum Gasteiger partial charge on any atom is 0.269 e. The first-order valence-electron chi connectivity index (χ1n) is 15.3. The molecule has 0 unspecified atom stereocenters. The van der Waals surface area contributed by atoms with Crippen LogP contribution in [0.1, 0.15) is 37.0 Å². The third kappa shape index (κ3) is 11.3. The van der Waals surface area contributed by atoms with E-state index in [1.165, 1.54) is 0 Å². The zero-order valence-corrected chi connectivity index (χ0v) is 30.5. The monoisotopic (exact) mass is 638 g/mol.